The highest BCUT2D eigenvalue weighted by Crippen LogP contribution is 2.33. The summed E-state index contributed by atoms with van der Waals surface area (Å²) in [7, 11) is 3.94. The first-order valence-corrected chi connectivity index (χ1v) is 12.4. The molecule has 0 bridgehead atoms. The summed E-state index contributed by atoms with van der Waals surface area (Å²) >= 11 is 0. The molecular weight excluding hydrogens is 428 g/mol. The Hall–Kier alpha value is -3.16. The first-order chi connectivity index (χ1) is 16.5. The van der Waals surface area contributed by atoms with E-state index >= 15 is 0 Å². The molecule has 2 aliphatic rings. The maximum absolute atomic E-state index is 13.3. The second-order valence-electron chi connectivity index (χ2n) is 9.26. The maximum atomic E-state index is 13.3. The summed E-state index contributed by atoms with van der Waals surface area (Å²) < 4.78 is 0. The molecular formula is C26H36N6O2. The predicted molar refractivity (Wildman–Crippen MR) is 134 cm³/mol. The number of anilines is 2. The molecule has 182 valence electrons. The molecule has 1 saturated heterocycles. The molecule has 1 aromatic carbocycles. The zero-order chi connectivity index (χ0) is 24.1. The van der Waals surface area contributed by atoms with Gasteiger partial charge < -0.3 is 20.0 Å². The Balaban J connectivity index is 1.46. The molecule has 2 amide bonds. The summed E-state index contributed by atoms with van der Waals surface area (Å²) in [5.74, 6) is 1.75. The Kier molecular flexibility index (Phi) is 7.65. The maximum Gasteiger partial charge on any atom is 0.223 e. The SMILES string of the molecule is CNc1nc([C@@H]2CCCCN2C(=O)CCCN(C)c2ccccc2)nc2c1CCN(C(C)=O)C2. The molecule has 1 N–H and O–H groups in total. The van der Waals surface area contributed by atoms with Gasteiger partial charge in [-0.05, 0) is 44.2 Å². The highest BCUT2D eigenvalue weighted by molar-refractivity contribution is 5.77. The average Bonchev–Trinajstić information content (AvgIpc) is 2.87. The van der Waals surface area contributed by atoms with Crippen LogP contribution in [0.25, 0.3) is 0 Å². The number of fused-ring (bicyclic) bond motifs is 1. The Morgan fingerprint density at radius 3 is 2.68 bits per heavy atom. The lowest BCUT2D eigenvalue weighted by molar-refractivity contribution is -0.135. The van der Waals surface area contributed by atoms with Crippen LogP contribution in [0.5, 0.6) is 0 Å². The van der Waals surface area contributed by atoms with Gasteiger partial charge in [0.15, 0.2) is 5.82 Å². The van der Waals surface area contributed by atoms with Gasteiger partial charge in [0.25, 0.3) is 0 Å². The van der Waals surface area contributed by atoms with Crippen molar-refractivity contribution in [2.24, 2.45) is 0 Å². The van der Waals surface area contributed by atoms with E-state index in [1.807, 2.05) is 35.0 Å². The van der Waals surface area contributed by atoms with Crippen molar-refractivity contribution in [3.8, 4) is 0 Å². The Morgan fingerprint density at radius 2 is 1.94 bits per heavy atom. The van der Waals surface area contributed by atoms with Gasteiger partial charge in [0.05, 0.1) is 18.3 Å². The van der Waals surface area contributed by atoms with Gasteiger partial charge in [-0.3, -0.25) is 9.59 Å². The van der Waals surface area contributed by atoms with Gasteiger partial charge >= 0.3 is 0 Å². The summed E-state index contributed by atoms with van der Waals surface area (Å²) in [5.41, 5.74) is 3.15. The zero-order valence-electron chi connectivity index (χ0n) is 20.6. The second kappa shape index (κ2) is 10.8. The van der Waals surface area contributed by atoms with Gasteiger partial charge in [0.1, 0.15) is 5.82 Å². The van der Waals surface area contributed by atoms with Crippen molar-refractivity contribution in [2.45, 2.75) is 58.0 Å². The van der Waals surface area contributed by atoms with Crippen LogP contribution in [0.4, 0.5) is 11.5 Å². The quantitative estimate of drug-likeness (QED) is 0.676. The van der Waals surface area contributed by atoms with Crippen LogP contribution in [0, 0.1) is 0 Å². The largest absolute Gasteiger partial charge is 0.375 e. The number of hydrogen-bond donors (Lipinski definition) is 1. The van der Waals surface area contributed by atoms with Crippen molar-refractivity contribution in [3.63, 3.8) is 0 Å². The molecule has 1 atom stereocenters. The number of aromatic nitrogens is 2. The molecule has 4 rings (SSSR count). The highest BCUT2D eigenvalue weighted by atomic mass is 16.2. The third kappa shape index (κ3) is 5.32. The van der Waals surface area contributed by atoms with Crippen LogP contribution in [0.3, 0.4) is 0 Å². The smallest absolute Gasteiger partial charge is 0.223 e. The van der Waals surface area contributed by atoms with Crippen molar-refractivity contribution >= 4 is 23.3 Å². The summed E-state index contributed by atoms with van der Waals surface area (Å²) in [5, 5.41) is 3.22. The monoisotopic (exact) mass is 464 g/mol. The number of hydrogen-bond acceptors (Lipinski definition) is 6. The molecule has 34 heavy (non-hydrogen) atoms. The average molecular weight is 465 g/mol. The molecule has 1 fully saturated rings. The lowest BCUT2D eigenvalue weighted by atomic mass is 9.99. The summed E-state index contributed by atoms with van der Waals surface area (Å²) in [6.45, 7) is 4.36. The van der Waals surface area contributed by atoms with Gasteiger partial charge in [-0.1, -0.05) is 18.2 Å². The number of nitrogens with zero attached hydrogens (tertiary/aromatic N) is 5. The molecule has 0 unspecified atom stereocenters. The number of likely N-dealkylation sites (tertiary alicyclic amines) is 1. The van der Waals surface area contributed by atoms with E-state index in [2.05, 4.69) is 29.4 Å². The van der Waals surface area contributed by atoms with Crippen LogP contribution in [0.2, 0.25) is 0 Å². The number of carbonyl (C=O) groups is 2. The van der Waals surface area contributed by atoms with Crippen molar-refractivity contribution in [3.05, 3.63) is 47.4 Å². The van der Waals surface area contributed by atoms with E-state index in [1.165, 1.54) is 0 Å². The van der Waals surface area contributed by atoms with Crippen LogP contribution < -0.4 is 10.2 Å². The fourth-order valence-electron chi connectivity index (χ4n) is 5.00. The third-order valence-corrected chi connectivity index (χ3v) is 6.97. The number of carbonyl (C=O) groups excluding carboxylic acids is 2. The number of piperidine rings is 1. The van der Waals surface area contributed by atoms with Crippen LogP contribution in [0.15, 0.2) is 30.3 Å². The fraction of sp³-hybridized carbons (Fsp3) is 0.538. The molecule has 1 aromatic heterocycles. The number of para-hydroxylation sites is 1. The minimum absolute atomic E-state index is 0.0618. The van der Waals surface area contributed by atoms with Crippen LogP contribution in [-0.4, -0.2) is 65.3 Å². The molecule has 8 heteroatoms. The Bertz CT molecular complexity index is 1010. The molecule has 0 aliphatic carbocycles. The predicted octanol–water partition coefficient (Wildman–Crippen LogP) is 3.39. The molecule has 3 heterocycles. The van der Waals surface area contributed by atoms with Crippen molar-refractivity contribution in [1.82, 2.24) is 19.8 Å². The summed E-state index contributed by atoms with van der Waals surface area (Å²) in [6.07, 6.45) is 4.99. The molecule has 2 aliphatic heterocycles. The van der Waals surface area contributed by atoms with E-state index in [0.29, 0.717) is 25.3 Å². The van der Waals surface area contributed by atoms with E-state index in [-0.39, 0.29) is 17.9 Å². The van der Waals surface area contributed by atoms with Crippen molar-refractivity contribution in [2.75, 3.05) is 43.9 Å². The van der Waals surface area contributed by atoms with Crippen LogP contribution >= 0.6 is 0 Å². The normalized spacial score (nSPS) is 17.8. The van der Waals surface area contributed by atoms with Gasteiger partial charge in [0.2, 0.25) is 11.8 Å². The minimum atomic E-state index is -0.113. The first kappa shape index (κ1) is 24.0. The summed E-state index contributed by atoms with van der Waals surface area (Å²) in [6, 6.07) is 10.1. The first-order valence-electron chi connectivity index (χ1n) is 12.4. The van der Waals surface area contributed by atoms with E-state index in [0.717, 1.165) is 68.0 Å². The van der Waals surface area contributed by atoms with Crippen molar-refractivity contribution < 1.29 is 9.59 Å². The minimum Gasteiger partial charge on any atom is -0.375 e. The second-order valence-corrected chi connectivity index (χ2v) is 9.26. The van der Waals surface area contributed by atoms with Gasteiger partial charge in [0, 0.05) is 58.3 Å². The van der Waals surface area contributed by atoms with E-state index in [9.17, 15) is 9.59 Å². The van der Waals surface area contributed by atoms with E-state index in [4.69, 9.17) is 9.97 Å². The van der Waals surface area contributed by atoms with Crippen LogP contribution in [0.1, 0.15) is 62.2 Å². The topological polar surface area (TPSA) is 81.7 Å². The molecule has 0 spiro atoms. The number of amides is 2. The number of nitrogens with one attached hydrogen (secondary N) is 1. The van der Waals surface area contributed by atoms with Gasteiger partial charge in [-0.25, -0.2) is 9.97 Å². The number of rotatable bonds is 7. The Morgan fingerprint density at radius 1 is 1.15 bits per heavy atom. The highest BCUT2D eigenvalue weighted by Gasteiger charge is 2.32. The van der Waals surface area contributed by atoms with Gasteiger partial charge in [-0.2, -0.15) is 0 Å². The fourth-order valence-corrected chi connectivity index (χ4v) is 5.00. The Labute approximate surface area is 202 Å². The summed E-state index contributed by atoms with van der Waals surface area (Å²) in [4.78, 5) is 41.0. The van der Waals surface area contributed by atoms with Crippen LogP contribution in [-0.2, 0) is 22.6 Å². The molecule has 0 saturated carbocycles. The zero-order valence-corrected chi connectivity index (χ0v) is 20.6. The number of benzene rings is 1. The molecule has 2 aromatic rings. The van der Waals surface area contributed by atoms with Gasteiger partial charge in [-0.15, -0.1) is 0 Å². The lowest BCUT2D eigenvalue weighted by Gasteiger charge is -2.36. The molecule has 8 nitrogen and oxygen atoms in total. The van der Waals surface area contributed by atoms with E-state index < -0.39 is 0 Å². The standard InChI is InChI=1S/C26H36N6O2/c1-19(33)31-17-14-21-22(18-31)28-26(29-25(21)27-2)23-12-7-8-16-32(23)24(34)13-9-15-30(3)20-10-5-4-6-11-20/h4-6,10-11,23H,7-9,12-18H2,1-3H3,(H,27,28,29)/t23-/m0/s1. The third-order valence-electron chi connectivity index (χ3n) is 6.97. The lowest BCUT2D eigenvalue weighted by Crippen LogP contribution is -2.40. The van der Waals surface area contributed by atoms with Crippen molar-refractivity contribution in [1.29, 1.82) is 0 Å². The van der Waals surface area contributed by atoms with E-state index in [1.54, 1.807) is 6.92 Å². The molecule has 0 radical (unpaired) electrons.